The maximum absolute atomic E-state index is 12.1. The number of amides is 1. The summed E-state index contributed by atoms with van der Waals surface area (Å²) in [5, 5.41) is 12.9. The summed E-state index contributed by atoms with van der Waals surface area (Å²) < 4.78 is 9.64. The number of nitro groups is 1. The second-order valence-corrected chi connectivity index (χ2v) is 5.58. The van der Waals surface area contributed by atoms with E-state index in [0.717, 1.165) is 0 Å². The van der Waals surface area contributed by atoms with Gasteiger partial charge >= 0.3 is 16.9 Å². The van der Waals surface area contributed by atoms with Gasteiger partial charge in [0.25, 0.3) is 5.91 Å². The van der Waals surface area contributed by atoms with Gasteiger partial charge in [0.15, 0.2) is 0 Å². The number of carbonyl (C=O) groups excluding carboxylic acids is 3. The molecule has 1 rings (SSSR count). The van der Waals surface area contributed by atoms with E-state index in [1.807, 2.05) is 0 Å². The molecular formula is C14H18N2O7S. The number of thiophene rings is 1. The van der Waals surface area contributed by atoms with Crippen molar-refractivity contribution in [3.05, 3.63) is 27.1 Å². The van der Waals surface area contributed by atoms with Gasteiger partial charge in [-0.3, -0.25) is 19.7 Å². The molecule has 1 heterocycles. The Balaban J connectivity index is 2.74. The van der Waals surface area contributed by atoms with Gasteiger partial charge in [0.1, 0.15) is 6.04 Å². The second kappa shape index (κ2) is 9.60. The smallest absolute Gasteiger partial charge is 0.328 e. The number of carbonyl (C=O) groups is 3. The number of esters is 2. The molecule has 0 aliphatic rings. The van der Waals surface area contributed by atoms with Crippen LogP contribution in [0.1, 0.15) is 36.4 Å². The molecule has 9 nitrogen and oxygen atoms in total. The third-order valence-corrected chi connectivity index (χ3v) is 3.85. The van der Waals surface area contributed by atoms with Crippen molar-refractivity contribution in [2.24, 2.45) is 0 Å². The molecule has 10 heteroatoms. The van der Waals surface area contributed by atoms with Gasteiger partial charge in [-0.05, 0) is 26.3 Å². The van der Waals surface area contributed by atoms with Gasteiger partial charge in [0.2, 0.25) is 0 Å². The Morgan fingerprint density at radius 1 is 1.25 bits per heavy atom. The molecule has 0 aliphatic carbocycles. The molecule has 132 valence electrons. The van der Waals surface area contributed by atoms with Crippen LogP contribution in [0.25, 0.3) is 0 Å². The van der Waals surface area contributed by atoms with Gasteiger partial charge in [0.05, 0.1) is 23.0 Å². The summed E-state index contributed by atoms with van der Waals surface area (Å²) in [6.45, 7) is 3.61. The molecule has 0 radical (unpaired) electrons. The number of rotatable bonds is 9. The standard InChI is InChI=1S/C14H18N2O7S/c1-3-22-12(17)8-5-9(14(19)23-4-2)15-13(18)10-6-7-11(24-10)16(20)21/h6-7,9H,3-5,8H2,1-2H3,(H,15,18)/t9-/m1/s1. The average Bonchev–Trinajstić information content (AvgIpc) is 3.02. The lowest BCUT2D eigenvalue weighted by Gasteiger charge is -2.16. The number of nitrogens with zero attached hydrogens (tertiary/aromatic N) is 1. The van der Waals surface area contributed by atoms with Crippen LogP contribution in [-0.4, -0.2) is 42.0 Å². The molecule has 1 atom stereocenters. The third kappa shape index (κ3) is 5.95. The van der Waals surface area contributed by atoms with E-state index in [9.17, 15) is 24.5 Å². The van der Waals surface area contributed by atoms with E-state index in [0.29, 0.717) is 11.3 Å². The van der Waals surface area contributed by atoms with Crippen molar-refractivity contribution >= 4 is 34.2 Å². The average molecular weight is 358 g/mol. The molecule has 1 N–H and O–H groups in total. The highest BCUT2D eigenvalue weighted by molar-refractivity contribution is 7.17. The second-order valence-electron chi connectivity index (χ2n) is 4.52. The summed E-state index contributed by atoms with van der Waals surface area (Å²) in [6, 6.07) is 1.46. The Morgan fingerprint density at radius 2 is 1.92 bits per heavy atom. The zero-order valence-electron chi connectivity index (χ0n) is 13.3. The Labute approximate surface area is 142 Å². The molecular weight excluding hydrogens is 340 g/mol. The summed E-state index contributed by atoms with van der Waals surface area (Å²) in [5.41, 5.74) is 0. The Morgan fingerprint density at radius 3 is 2.46 bits per heavy atom. The van der Waals surface area contributed by atoms with Gasteiger partial charge in [-0.1, -0.05) is 11.3 Å². The van der Waals surface area contributed by atoms with Gasteiger partial charge in [-0.2, -0.15) is 0 Å². The lowest BCUT2D eigenvalue weighted by Crippen LogP contribution is -2.42. The molecule has 0 saturated heterocycles. The first-order valence-electron chi connectivity index (χ1n) is 7.26. The zero-order valence-corrected chi connectivity index (χ0v) is 14.1. The van der Waals surface area contributed by atoms with Crippen molar-refractivity contribution in [3.8, 4) is 0 Å². The summed E-state index contributed by atoms with van der Waals surface area (Å²) in [4.78, 5) is 45.6. The maximum atomic E-state index is 12.1. The Bertz CT molecular complexity index is 614. The van der Waals surface area contributed by atoms with E-state index in [-0.39, 0.29) is 35.9 Å². The van der Waals surface area contributed by atoms with Gasteiger partial charge in [-0.25, -0.2) is 4.79 Å². The van der Waals surface area contributed by atoms with Crippen LogP contribution < -0.4 is 5.32 Å². The SMILES string of the molecule is CCOC(=O)CC[C@@H](NC(=O)c1ccc([N+](=O)[O-])s1)C(=O)OCC. The molecule has 0 aromatic carbocycles. The van der Waals surface area contributed by atoms with Crippen LogP contribution in [0, 0.1) is 10.1 Å². The van der Waals surface area contributed by atoms with Crippen LogP contribution in [0.2, 0.25) is 0 Å². The normalized spacial score (nSPS) is 11.4. The fraction of sp³-hybridized carbons (Fsp3) is 0.500. The summed E-state index contributed by atoms with van der Waals surface area (Å²) in [7, 11) is 0. The predicted molar refractivity (Wildman–Crippen MR) is 84.7 cm³/mol. The molecule has 1 amide bonds. The van der Waals surface area contributed by atoms with Crippen molar-refractivity contribution < 1.29 is 28.8 Å². The summed E-state index contributed by atoms with van der Waals surface area (Å²) in [5.74, 6) is -1.82. The molecule has 0 unspecified atom stereocenters. The van der Waals surface area contributed by atoms with Gasteiger partial charge < -0.3 is 14.8 Å². The van der Waals surface area contributed by atoms with Crippen LogP contribution in [-0.2, 0) is 19.1 Å². The first-order chi connectivity index (χ1) is 11.4. The minimum Gasteiger partial charge on any atom is -0.466 e. The Kier molecular flexibility index (Phi) is 7.83. The number of ether oxygens (including phenoxy) is 2. The van der Waals surface area contributed by atoms with Crippen LogP contribution >= 0.6 is 11.3 Å². The molecule has 0 spiro atoms. The highest BCUT2D eigenvalue weighted by Gasteiger charge is 2.25. The quantitative estimate of drug-likeness (QED) is 0.404. The minimum atomic E-state index is -1.04. The highest BCUT2D eigenvalue weighted by atomic mass is 32.1. The topological polar surface area (TPSA) is 125 Å². The van der Waals surface area contributed by atoms with Crippen LogP contribution in [0.3, 0.4) is 0 Å². The van der Waals surface area contributed by atoms with E-state index >= 15 is 0 Å². The van der Waals surface area contributed by atoms with Crippen LogP contribution in [0.15, 0.2) is 12.1 Å². The van der Waals surface area contributed by atoms with E-state index < -0.39 is 28.8 Å². The van der Waals surface area contributed by atoms with Crippen molar-refractivity contribution in [1.82, 2.24) is 5.32 Å². The minimum absolute atomic E-state index is 0.0108. The number of hydrogen-bond donors (Lipinski definition) is 1. The maximum Gasteiger partial charge on any atom is 0.328 e. The van der Waals surface area contributed by atoms with E-state index in [2.05, 4.69) is 5.32 Å². The van der Waals surface area contributed by atoms with Crippen molar-refractivity contribution in [2.45, 2.75) is 32.7 Å². The van der Waals surface area contributed by atoms with E-state index in [1.54, 1.807) is 13.8 Å². The number of hydrogen-bond acceptors (Lipinski definition) is 8. The largest absolute Gasteiger partial charge is 0.466 e. The van der Waals surface area contributed by atoms with Gasteiger partial charge in [0, 0.05) is 12.5 Å². The molecule has 1 aromatic heterocycles. The lowest BCUT2D eigenvalue weighted by molar-refractivity contribution is -0.380. The summed E-state index contributed by atoms with van der Waals surface area (Å²) in [6.07, 6.45) is -0.0565. The number of nitrogens with one attached hydrogen (secondary N) is 1. The Hall–Kier alpha value is -2.49. The first-order valence-corrected chi connectivity index (χ1v) is 8.08. The summed E-state index contributed by atoms with van der Waals surface area (Å²) >= 11 is 0.694. The fourth-order valence-corrected chi connectivity index (χ4v) is 2.49. The lowest BCUT2D eigenvalue weighted by atomic mass is 10.1. The highest BCUT2D eigenvalue weighted by Crippen LogP contribution is 2.23. The fourth-order valence-electron chi connectivity index (χ4n) is 1.76. The van der Waals surface area contributed by atoms with E-state index in [1.165, 1.54) is 12.1 Å². The molecule has 0 bridgehead atoms. The van der Waals surface area contributed by atoms with Crippen molar-refractivity contribution in [2.75, 3.05) is 13.2 Å². The molecule has 0 fully saturated rings. The molecule has 1 aromatic rings. The van der Waals surface area contributed by atoms with Crippen molar-refractivity contribution in [1.29, 1.82) is 0 Å². The third-order valence-electron chi connectivity index (χ3n) is 2.81. The van der Waals surface area contributed by atoms with E-state index in [4.69, 9.17) is 9.47 Å². The molecule has 0 aliphatic heterocycles. The zero-order chi connectivity index (χ0) is 18.1. The van der Waals surface area contributed by atoms with Crippen molar-refractivity contribution in [3.63, 3.8) is 0 Å². The molecule has 0 saturated carbocycles. The first kappa shape index (κ1) is 19.6. The monoisotopic (exact) mass is 358 g/mol. The predicted octanol–water partition coefficient (Wildman–Crippen LogP) is 1.66. The van der Waals surface area contributed by atoms with Crippen LogP contribution in [0.5, 0.6) is 0 Å². The van der Waals surface area contributed by atoms with Gasteiger partial charge in [-0.15, -0.1) is 0 Å². The molecule has 24 heavy (non-hydrogen) atoms. The van der Waals surface area contributed by atoms with Crippen LogP contribution in [0.4, 0.5) is 5.00 Å².